The average Bonchev–Trinajstić information content (AvgIpc) is 2.71. The minimum Gasteiger partial charge on any atom is -0.310 e. The molecule has 1 unspecified atom stereocenters. The minimum atomic E-state index is -0.279. The predicted molar refractivity (Wildman–Crippen MR) is 59.5 cm³/mol. The van der Waals surface area contributed by atoms with Gasteiger partial charge in [-0.05, 0) is 26.3 Å². The summed E-state index contributed by atoms with van der Waals surface area (Å²) in [4.78, 5) is 0. The number of nitrogens with zero attached hydrogens (tertiary/aromatic N) is 2. The zero-order chi connectivity index (χ0) is 11.1. The van der Waals surface area contributed by atoms with Crippen LogP contribution in [0.2, 0.25) is 0 Å². The van der Waals surface area contributed by atoms with Crippen molar-refractivity contribution >= 4 is 0 Å². The molecule has 0 fully saturated rings. The minimum absolute atomic E-state index is 0.279. The molecule has 1 aromatic heterocycles. The first kappa shape index (κ1) is 12.2. The van der Waals surface area contributed by atoms with Gasteiger partial charge in [0.1, 0.15) is 0 Å². The third kappa shape index (κ3) is 4.00. The zero-order valence-electron chi connectivity index (χ0n) is 9.54. The van der Waals surface area contributed by atoms with E-state index in [1.165, 1.54) is 5.56 Å². The molecule has 1 aromatic rings. The Morgan fingerprint density at radius 1 is 1.60 bits per heavy atom. The second-order valence-electron chi connectivity index (χ2n) is 3.76. The second kappa shape index (κ2) is 6.56. The van der Waals surface area contributed by atoms with Crippen LogP contribution in [0.5, 0.6) is 0 Å². The molecule has 1 atom stereocenters. The predicted octanol–water partition coefficient (Wildman–Crippen LogP) is 2.30. The van der Waals surface area contributed by atoms with Crippen molar-refractivity contribution < 1.29 is 4.39 Å². The van der Waals surface area contributed by atoms with Crippen molar-refractivity contribution in [1.29, 1.82) is 0 Å². The van der Waals surface area contributed by atoms with Crippen LogP contribution in [0.4, 0.5) is 4.39 Å². The molecule has 0 amide bonds. The van der Waals surface area contributed by atoms with E-state index in [1.807, 2.05) is 12.4 Å². The first-order valence-electron chi connectivity index (χ1n) is 5.59. The molecule has 86 valence electrons. The Balaban J connectivity index is 2.43. The summed E-state index contributed by atoms with van der Waals surface area (Å²) in [6.07, 6.45) is 5.51. The molecule has 1 rings (SSSR count). The lowest BCUT2D eigenvalue weighted by atomic mass is 10.2. The molecule has 0 aliphatic heterocycles. The van der Waals surface area contributed by atoms with Crippen LogP contribution in [0.15, 0.2) is 12.4 Å². The van der Waals surface area contributed by atoms with Gasteiger partial charge in [-0.2, -0.15) is 5.10 Å². The second-order valence-corrected chi connectivity index (χ2v) is 3.76. The molecule has 1 N–H and O–H groups in total. The summed E-state index contributed by atoms with van der Waals surface area (Å²) in [5.41, 5.74) is 1.17. The van der Waals surface area contributed by atoms with Gasteiger partial charge in [0.25, 0.3) is 0 Å². The number of nitrogens with one attached hydrogen (secondary N) is 1. The van der Waals surface area contributed by atoms with Crippen molar-refractivity contribution in [2.45, 2.75) is 39.3 Å². The monoisotopic (exact) mass is 213 g/mol. The summed E-state index contributed by atoms with van der Waals surface area (Å²) in [6, 6.07) is 0.323. The Hall–Kier alpha value is -0.900. The van der Waals surface area contributed by atoms with E-state index in [1.54, 1.807) is 4.68 Å². The van der Waals surface area contributed by atoms with Crippen molar-refractivity contribution in [3.63, 3.8) is 0 Å². The maximum atomic E-state index is 12.0. The van der Waals surface area contributed by atoms with E-state index < -0.39 is 0 Å². The van der Waals surface area contributed by atoms with Gasteiger partial charge >= 0.3 is 0 Å². The summed E-state index contributed by atoms with van der Waals surface area (Å²) in [5, 5.41) is 7.58. The topological polar surface area (TPSA) is 29.9 Å². The van der Waals surface area contributed by atoms with Crippen LogP contribution in [0.1, 0.15) is 38.3 Å². The summed E-state index contributed by atoms with van der Waals surface area (Å²) in [6.45, 7) is 5.66. The largest absolute Gasteiger partial charge is 0.310 e. The van der Waals surface area contributed by atoms with E-state index in [0.717, 1.165) is 13.0 Å². The highest BCUT2D eigenvalue weighted by Gasteiger charge is 2.06. The molecule has 4 heteroatoms. The van der Waals surface area contributed by atoms with Crippen LogP contribution in [0.25, 0.3) is 0 Å². The Morgan fingerprint density at radius 2 is 2.40 bits per heavy atom. The SMILES string of the molecule is CCCNC(C)c1cnn(CCCF)c1. The Kier molecular flexibility index (Phi) is 5.32. The fourth-order valence-electron chi connectivity index (χ4n) is 1.43. The number of rotatable bonds is 7. The number of halogens is 1. The Morgan fingerprint density at radius 3 is 3.07 bits per heavy atom. The Labute approximate surface area is 90.7 Å². The number of hydrogen-bond donors (Lipinski definition) is 1. The van der Waals surface area contributed by atoms with Crippen molar-refractivity contribution in [3.05, 3.63) is 18.0 Å². The number of alkyl halides is 1. The average molecular weight is 213 g/mol. The smallest absolute Gasteiger partial charge is 0.0912 e. The molecule has 3 nitrogen and oxygen atoms in total. The van der Waals surface area contributed by atoms with Gasteiger partial charge in [0.05, 0.1) is 12.9 Å². The highest BCUT2D eigenvalue weighted by molar-refractivity contribution is 5.08. The van der Waals surface area contributed by atoms with E-state index in [4.69, 9.17) is 0 Å². The lowest BCUT2D eigenvalue weighted by molar-refractivity contribution is 0.434. The van der Waals surface area contributed by atoms with Gasteiger partial charge in [-0.15, -0.1) is 0 Å². The number of hydrogen-bond acceptors (Lipinski definition) is 2. The third-order valence-electron chi connectivity index (χ3n) is 2.37. The molecule has 0 saturated heterocycles. The van der Waals surface area contributed by atoms with Gasteiger partial charge in [-0.1, -0.05) is 6.92 Å². The third-order valence-corrected chi connectivity index (χ3v) is 2.37. The molecule has 0 spiro atoms. The van der Waals surface area contributed by atoms with Gasteiger partial charge in [0.15, 0.2) is 0 Å². The molecule has 0 aromatic carbocycles. The molecular weight excluding hydrogens is 193 g/mol. The molecule has 0 bridgehead atoms. The van der Waals surface area contributed by atoms with Gasteiger partial charge in [0.2, 0.25) is 0 Å². The molecule has 0 aliphatic carbocycles. The summed E-state index contributed by atoms with van der Waals surface area (Å²) < 4.78 is 13.8. The summed E-state index contributed by atoms with van der Waals surface area (Å²) in [7, 11) is 0. The van der Waals surface area contributed by atoms with E-state index >= 15 is 0 Å². The molecule has 0 saturated carbocycles. The highest BCUT2D eigenvalue weighted by Crippen LogP contribution is 2.10. The highest BCUT2D eigenvalue weighted by atomic mass is 19.1. The summed E-state index contributed by atoms with van der Waals surface area (Å²) >= 11 is 0. The zero-order valence-corrected chi connectivity index (χ0v) is 9.54. The lowest BCUT2D eigenvalue weighted by Crippen LogP contribution is -2.18. The molecule has 15 heavy (non-hydrogen) atoms. The van der Waals surface area contributed by atoms with Crippen molar-refractivity contribution in [2.24, 2.45) is 0 Å². The maximum Gasteiger partial charge on any atom is 0.0912 e. The van der Waals surface area contributed by atoms with Crippen LogP contribution in [-0.2, 0) is 6.54 Å². The molecule has 0 aliphatic rings. The van der Waals surface area contributed by atoms with Crippen LogP contribution < -0.4 is 5.32 Å². The van der Waals surface area contributed by atoms with E-state index in [2.05, 4.69) is 24.3 Å². The fourth-order valence-corrected chi connectivity index (χ4v) is 1.43. The molecule has 1 heterocycles. The molecular formula is C11H20FN3. The van der Waals surface area contributed by atoms with Crippen molar-refractivity contribution in [2.75, 3.05) is 13.2 Å². The molecule has 0 radical (unpaired) electrons. The van der Waals surface area contributed by atoms with E-state index in [-0.39, 0.29) is 6.67 Å². The number of aromatic nitrogens is 2. The first-order chi connectivity index (χ1) is 7.27. The van der Waals surface area contributed by atoms with Crippen LogP contribution in [0, 0.1) is 0 Å². The standard InChI is InChI=1S/C11H20FN3/c1-3-6-13-10(2)11-8-14-15(9-11)7-4-5-12/h8-10,13H,3-7H2,1-2H3. The van der Waals surface area contributed by atoms with Crippen LogP contribution in [0.3, 0.4) is 0 Å². The van der Waals surface area contributed by atoms with Gasteiger partial charge in [-0.25, -0.2) is 0 Å². The first-order valence-corrected chi connectivity index (χ1v) is 5.59. The van der Waals surface area contributed by atoms with Gasteiger partial charge < -0.3 is 5.32 Å². The lowest BCUT2D eigenvalue weighted by Gasteiger charge is -2.10. The van der Waals surface area contributed by atoms with Crippen molar-refractivity contribution in [1.82, 2.24) is 15.1 Å². The Bertz CT molecular complexity index is 273. The fraction of sp³-hybridized carbons (Fsp3) is 0.727. The van der Waals surface area contributed by atoms with E-state index in [0.29, 0.717) is 19.0 Å². The quantitative estimate of drug-likeness (QED) is 0.753. The van der Waals surface area contributed by atoms with Crippen LogP contribution in [-0.4, -0.2) is 23.0 Å². The number of aryl methyl sites for hydroxylation is 1. The summed E-state index contributed by atoms with van der Waals surface area (Å²) in [5.74, 6) is 0. The van der Waals surface area contributed by atoms with Crippen molar-refractivity contribution in [3.8, 4) is 0 Å². The normalized spacial score (nSPS) is 13.0. The maximum absolute atomic E-state index is 12.0. The van der Waals surface area contributed by atoms with Gasteiger partial charge in [-0.3, -0.25) is 9.07 Å². The van der Waals surface area contributed by atoms with Crippen LogP contribution >= 0.6 is 0 Å². The van der Waals surface area contributed by atoms with E-state index in [9.17, 15) is 4.39 Å². The van der Waals surface area contributed by atoms with Gasteiger partial charge in [0, 0.05) is 24.3 Å².